The predicted molar refractivity (Wildman–Crippen MR) is 69.2 cm³/mol. The first kappa shape index (κ1) is 12.2. The number of nitrogens with zero attached hydrogens (tertiary/aromatic N) is 2. The molecule has 1 atom stereocenters. The molecule has 1 fully saturated rings. The van der Waals surface area contributed by atoms with Crippen molar-refractivity contribution in [2.75, 3.05) is 6.54 Å². The number of carbonyl (C=O) groups excluding carboxylic acids is 1. The second-order valence-electron chi connectivity index (χ2n) is 5.12. The molecule has 0 aliphatic carbocycles. The Morgan fingerprint density at radius 2 is 2.16 bits per heavy atom. The van der Waals surface area contributed by atoms with E-state index in [0.717, 1.165) is 30.4 Å². The minimum absolute atomic E-state index is 0.0269. The number of piperidine rings is 1. The summed E-state index contributed by atoms with van der Waals surface area (Å²) in [4.78, 5) is 14.2. The van der Waals surface area contributed by atoms with E-state index >= 15 is 0 Å². The Balaban J connectivity index is 1.85. The van der Waals surface area contributed by atoms with Gasteiger partial charge in [0.15, 0.2) is 0 Å². The Kier molecular flexibility index (Phi) is 3.22. The summed E-state index contributed by atoms with van der Waals surface area (Å²) in [7, 11) is 0. The molecule has 0 radical (unpaired) electrons. The second-order valence-corrected chi connectivity index (χ2v) is 5.12. The van der Waals surface area contributed by atoms with Gasteiger partial charge in [-0.3, -0.25) is 4.79 Å². The van der Waals surface area contributed by atoms with Gasteiger partial charge in [0.05, 0.1) is 19.3 Å². The van der Waals surface area contributed by atoms with Gasteiger partial charge >= 0.3 is 0 Å². The average molecular weight is 256 g/mol. The fourth-order valence-corrected chi connectivity index (χ4v) is 2.78. The highest BCUT2D eigenvalue weighted by Gasteiger charge is 2.27. The number of nitriles is 1. The molecule has 98 valence electrons. The zero-order valence-corrected chi connectivity index (χ0v) is 10.8. The summed E-state index contributed by atoms with van der Waals surface area (Å²) in [6.07, 6.45) is 2.80. The Hall–Kier alpha value is -1.86. The van der Waals surface area contributed by atoms with Gasteiger partial charge in [0.2, 0.25) is 0 Å². The molecule has 0 spiro atoms. The standard InChI is InChI=1S/C15H16N2O2/c16-8-14-3-1-2-6-17(14)15(18)11-4-5-12-9-19-10-13(12)7-11/h4-5,7,14H,1-3,6,9-10H2. The quantitative estimate of drug-likeness (QED) is 0.774. The third kappa shape index (κ3) is 2.22. The summed E-state index contributed by atoms with van der Waals surface area (Å²) in [5.74, 6) is -0.0269. The number of hydrogen-bond donors (Lipinski definition) is 0. The van der Waals surface area contributed by atoms with E-state index in [-0.39, 0.29) is 11.9 Å². The molecule has 0 aromatic heterocycles. The number of benzene rings is 1. The molecule has 1 saturated heterocycles. The first-order valence-electron chi connectivity index (χ1n) is 6.70. The van der Waals surface area contributed by atoms with Crippen molar-refractivity contribution in [1.82, 2.24) is 4.90 Å². The Morgan fingerprint density at radius 3 is 3.00 bits per heavy atom. The summed E-state index contributed by atoms with van der Waals surface area (Å²) >= 11 is 0. The summed E-state index contributed by atoms with van der Waals surface area (Å²) in [5, 5.41) is 9.15. The molecule has 1 amide bonds. The molecule has 0 bridgehead atoms. The molecule has 2 heterocycles. The first-order chi connectivity index (χ1) is 9.29. The van der Waals surface area contributed by atoms with E-state index in [1.54, 1.807) is 4.90 Å². The van der Waals surface area contributed by atoms with E-state index in [0.29, 0.717) is 25.3 Å². The van der Waals surface area contributed by atoms with Gasteiger partial charge in [0.25, 0.3) is 5.91 Å². The molecule has 0 N–H and O–H groups in total. The summed E-state index contributed by atoms with van der Waals surface area (Å²) in [6, 6.07) is 7.68. The van der Waals surface area contributed by atoms with E-state index in [2.05, 4.69) is 6.07 Å². The summed E-state index contributed by atoms with van der Waals surface area (Å²) in [6.45, 7) is 1.90. The number of ether oxygens (including phenoxy) is 1. The fourth-order valence-electron chi connectivity index (χ4n) is 2.78. The van der Waals surface area contributed by atoms with E-state index in [1.165, 1.54) is 0 Å². The second kappa shape index (κ2) is 5.02. The van der Waals surface area contributed by atoms with Crippen LogP contribution in [-0.4, -0.2) is 23.4 Å². The van der Waals surface area contributed by atoms with Crippen molar-refractivity contribution in [3.8, 4) is 6.07 Å². The van der Waals surface area contributed by atoms with Crippen LogP contribution in [0.1, 0.15) is 40.7 Å². The van der Waals surface area contributed by atoms with Crippen LogP contribution in [0, 0.1) is 11.3 Å². The number of amides is 1. The van der Waals surface area contributed by atoms with Gasteiger partial charge in [-0.25, -0.2) is 0 Å². The molecule has 1 unspecified atom stereocenters. The van der Waals surface area contributed by atoms with Crippen LogP contribution in [0.5, 0.6) is 0 Å². The lowest BCUT2D eigenvalue weighted by atomic mass is 10.0. The van der Waals surface area contributed by atoms with E-state index in [9.17, 15) is 4.79 Å². The lowest BCUT2D eigenvalue weighted by Crippen LogP contribution is -2.42. The van der Waals surface area contributed by atoms with E-state index in [1.807, 2.05) is 18.2 Å². The predicted octanol–water partition coefficient (Wildman–Crippen LogP) is 2.24. The zero-order valence-electron chi connectivity index (χ0n) is 10.8. The lowest BCUT2D eigenvalue weighted by Gasteiger charge is -2.31. The SMILES string of the molecule is N#CC1CCCCN1C(=O)c1ccc2c(c1)COC2. The third-order valence-electron chi connectivity index (χ3n) is 3.88. The number of hydrogen-bond acceptors (Lipinski definition) is 3. The first-order valence-corrected chi connectivity index (χ1v) is 6.70. The smallest absolute Gasteiger partial charge is 0.254 e. The van der Waals surface area contributed by atoms with E-state index < -0.39 is 0 Å². The number of likely N-dealkylation sites (tertiary alicyclic amines) is 1. The molecule has 4 heteroatoms. The van der Waals surface area contributed by atoms with Gasteiger partial charge in [-0.2, -0.15) is 5.26 Å². The van der Waals surface area contributed by atoms with Crippen LogP contribution in [0.2, 0.25) is 0 Å². The summed E-state index contributed by atoms with van der Waals surface area (Å²) < 4.78 is 5.36. The highest BCUT2D eigenvalue weighted by molar-refractivity contribution is 5.95. The van der Waals surface area contributed by atoms with Crippen LogP contribution in [0.4, 0.5) is 0 Å². The molecule has 0 saturated carbocycles. The van der Waals surface area contributed by atoms with E-state index in [4.69, 9.17) is 10.00 Å². The van der Waals surface area contributed by atoms with Crippen molar-refractivity contribution < 1.29 is 9.53 Å². The van der Waals surface area contributed by atoms with Gasteiger partial charge in [-0.05, 0) is 42.5 Å². The maximum atomic E-state index is 12.5. The maximum Gasteiger partial charge on any atom is 0.254 e. The van der Waals surface area contributed by atoms with Crippen LogP contribution in [0.15, 0.2) is 18.2 Å². The molecule has 1 aromatic carbocycles. The lowest BCUT2D eigenvalue weighted by molar-refractivity contribution is 0.0670. The van der Waals surface area contributed by atoms with Crippen molar-refractivity contribution in [3.05, 3.63) is 34.9 Å². The molecule has 2 aliphatic heterocycles. The van der Waals surface area contributed by atoms with Crippen LogP contribution in [0.3, 0.4) is 0 Å². The van der Waals surface area contributed by atoms with Gasteiger partial charge in [-0.15, -0.1) is 0 Å². The van der Waals surface area contributed by atoms with Gasteiger partial charge in [0.1, 0.15) is 6.04 Å². The highest BCUT2D eigenvalue weighted by atomic mass is 16.5. The highest BCUT2D eigenvalue weighted by Crippen LogP contribution is 2.24. The number of fused-ring (bicyclic) bond motifs is 1. The third-order valence-corrected chi connectivity index (χ3v) is 3.88. The van der Waals surface area contributed by atoms with Crippen LogP contribution in [0.25, 0.3) is 0 Å². The topological polar surface area (TPSA) is 53.3 Å². The molecule has 1 aromatic rings. The van der Waals surface area contributed by atoms with Crippen molar-refractivity contribution in [3.63, 3.8) is 0 Å². The average Bonchev–Trinajstić information content (AvgIpc) is 2.93. The van der Waals surface area contributed by atoms with Gasteiger partial charge < -0.3 is 9.64 Å². The minimum Gasteiger partial charge on any atom is -0.372 e. The molecular formula is C15H16N2O2. The fraction of sp³-hybridized carbons (Fsp3) is 0.467. The monoisotopic (exact) mass is 256 g/mol. The molecular weight excluding hydrogens is 240 g/mol. The molecule has 4 nitrogen and oxygen atoms in total. The number of rotatable bonds is 1. The molecule has 3 rings (SSSR count). The van der Waals surface area contributed by atoms with Crippen molar-refractivity contribution in [2.24, 2.45) is 0 Å². The van der Waals surface area contributed by atoms with Crippen LogP contribution in [-0.2, 0) is 18.0 Å². The van der Waals surface area contributed by atoms with Crippen molar-refractivity contribution in [2.45, 2.75) is 38.5 Å². The largest absolute Gasteiger partial charge is 0.372 e. The number of carbonyl (C=O) groups is 1. The van der Waals surface area contributed by atoms with Crippen molar-refractivity contribution >= 4 is 5.91 Å². The van der Waals surface area contributed by atoms with Gasteiger partial charge in [-0.1, -0.05) is 6.07 Å². The Labute approximate surface area is 112 Å². The van der Waals surface area contributed by atoms with Gasteiger partial charge in [0, 0.05) is 12.1 Å². The van der Waals surface area contributed by atoms with Crippen LogP contribution >= 0.6 is 0 Å². The molecule has 2 aliphatic rings. The maximum absolute atomic E-state index is 12.5. The minimum atomic E-state index is -0.272. The van der Waals surface area contributed by atoms with Crippen LogP contribution < -0.4 is 0 Å². The van der Waals surface area contributed by atoms with Crippen molar-refractivity contribution in [1.29, 1.82) is 5.26 Å². The Morgan fingerprint density at radius 1 is 1.32 bits per heavy atom. The Bertz CT molecular complexity index is 548. The molecule has 19 heavy (non-hydrogen) atoms. The zero-order chi connectivity index (χ0) is 13.2. The summed E-state index contributed by atoms with van der Waals surface area (Å²) in [5.41, 5.74) is 2.93. The normalized spacial score (nSPS) is 21.8.